The molecule has 2 rings (SSSR count). The number of hydrogen-bond donors (Lipinski definition) is 3. The van der Waals surface area contributed by atoms with Gasteiger partial charge in [0, 0.05) is 28.7 Å². The molecule has 1 aromatic heterocycles. The van der Waals surface area contributed by atoms with Crippen molar-refractivity contribution in [2.45, 2.75) is 19.8 Å². The van der Waals surface area contributed by atoms with E-state index in [1.54, 1.807) is 0 Å². The molecule has 0 radical (unpaired) electrons. The van der Waals surface area contributed by atoms with Crippen LogP contribution in [0.5, 0.6) is 0 Å². The van der Waals surface area contributed by atoms with Crippen LogP contribution in [-0.2, 0) is 4.79 Å². The number of benzene rings is 1. The molecule has 0 saturated heterocycles. The predicted octanol–water partition coefficient (Wildman–Crippen LogP) is 2.58. The van der Waals surface area contributed by atoms with Crippen LogP contribution in [0.3, 0.4) is 0 Å². The van der Waals surface area contributed by atoms with E-state index in [9.17, 15) is 4.79 Å². The van der Waals surface area contributed by atoms with Gasteiger partial charge in [-0.05, 0) is 44.2 Å². The minimum atomic E-state index is 0. The zero-order chi connectivity index (χ0) is 12.3. The average Bonchev–Trinajstić information content (AvgIpc) is 2.65. The lowest BCUT2D eigenvalue weighted by atomic mass is 10.2. The number of carbonyl (C=O) groups excluding carboxylic acids is 1. The van der Waals surface area contributed by atoms with Crippen LogP contribution in [0.4, 0.5) is 5.69 Å². The number of aromatic nitrogens is 1. The molecule has 0 spiro atoms. The van der Waals surface area contributed by atoms with Crippen molar-refractivity contribution in [3.63, 3.8) is 0 Å². The third kappa shape index (κ3) is 3.48. The molecule has 1 heterocycles. The first kappa shape index (κ1) is 14.5. The highest BCUT2D eigenvalue weighted by Gasteiger charge is 2.03. The molecule has 0 aliphatic carbocycles. The summed E-state index contributed by atoms with van der Waals surface area (Å²) in [6.07, 6.45) is 1.19. The number of halogens is 1. The lowest BCUT2D eigenvalue weighted by Gasteiger charge is -2.04. The summed E-state index contributed by atoms with van der Waals surface area (Å²) in [6, 6.07) is 7.91. The Labute approximate surface area is 112 Å². The molecule has 0 fully saturated rings. The molecule has 5 heteroatoms. The minimum Gasteiger partial charge on any atom is -0.359 e. The van der Waals surface area contributed by atoms with Crippen LogP contribution in [0.25, 0.3) is 10.9 Å². The molecule has 4 nitrogen and oxygen atoms in total. The van der Waals surface area contributed by atoms with E-state index in [2.05, 4.69) is 16.4 Å². The van der Waals surface area contributed by atoms with Crippen molar-refractivity contribution >= 4 is 34.9 Å². The van der Waals surface area contributed by atoms with E-state index in [4.69, 9.17) is 5.73 Å². The van der Waals surface area contributed by atoms with Gasteiger partial charge < -0.3 is 16.0 Å². The molecule has 18 heavy (non-hydrogen) atoms. The van der Waals surface area contributed by atoms with Crippen LogP contribution in [-0.4, -0.2) is 17.4 Å². The summed E-state index contributed by atoms with van der Waals surface area (Å²) >= 11 is 0. The predicted molar refractivity (Wildman–Crippen MR) is 77.2 cm³/mol. The van der Waals surface area contributed by atoms with E-state index >= 15 is 0 Å². The molecule has 0 aliphatic rings. The van der Waals surface area contributed by atoms with Gasteiger partial charge in [-0.3, -0.25) is 4.79 Å². The van der Waals surface area contributed by atoms with Crippen LogP contribution in [0.2, 0.25) is 0 Å². The average molecular weight is 268 g/mol. The lowest BCUT2D eigenvalue weighted by molar-refractivity contribution is -0.116. The Morgan fingerprint density at radius 3 is 2.89 bits per heavy atom. The Hall–Kier alpha value is -1.52. The highest BCUT2D eigenvalue weighted by Crippen LogP contribution is 2.19. The standard InChI is InChI=1S/C13H17N3O.ClH/c1-9-7-10-8-11(4-5-12(10)15-9)16-13(17)3-2-6-14;/h4-5,7-8,15H,2-3,6,14H2,1H3,(H,16,17);1H. The van der Waals surface area contributed by atoms with Crippen molar-refractivity contribution in [1.82, 2.24) is 4.98 Å². The van der Waals surface area contributed by atoms with Gasteiger partial charge in [-0.2, -0.15) is 0 Å². The number of nitrogens with two attached hydrogens (primary N) is 1. The van der Waals surface area contributed by atoms with Gasteiger partial charge in [-0.15, -0.1) is 12.4 Å². The summed E-state index contributed by atoms with van der Waals surface area (Å²) < 4.78 is 0. The zero-order valence-corrected chi connectivity index (χ0v) is 11.1. The Morgan fingerprint density at radius 2 is 2.17 bits per heavy atom. The summed E-state index contributed by atoms with van der Waals surface area (Å²) in [5.41, 5.74) is 8.40. The first-order valence-electron chi connectivity index (χ1n) is 5.78. The first-order chi connectivity index (χ1) is 8.19. The monoisotopic (exact) mass is 267 g/mol. The van der Waals surface area contributed by atoms with E-state index < -0.39 is 0 Å². The van der Waals surface area contributed by atoms with Crippen LogP contribution < -0.4 is 11.1 Å². The fourth-order valence-corrected chi connectivity index (χ4v) is 1.84. The Morgan fingerprint density at radius 1 is 1.39 bits per heavy atom. The lowest BCUT2D eigenvalue weighted by Crippen LogP contribution is -2.13. The van der Waals surface area contributed by atoms with Crippen molar-refractivity contribution in [1.29, 1.82) is 0 Å². The number of rotatable bonds is 4. The second kappa shape index (κ2) is 6.42. The Kier molecular flexibility index (Phi) is 5.19. The number of aryl methyl sites for hydroxylation is 1. The number of amides is 1. The molecule has 2 aromatic rings. The minimum absolute atomic E-state index is 0. The number of aromatic amines is 1. The van der Waals surface area contributed by atoms with Gasteiger partial charge in [-0.25, -0.2) is 0 Å². The summed E-state index contributed by atoms with van der Waals surface area (Å²) in [4.78, 5) is 14.8. The number of H-pyrrole nitrogens is 1. The van der Waals surface area contributed by atoms with Gasteiger partial charge in [0.05, 0.1) is 0 Å². The second-order valence-corrected chi connectivity index (χ2v) is 4.19. The quantitative estimate of drug-likeness (QED) is 0.797. The molecule has 0 bridgehead atoms. The number of fused-ring (bicyclic) bond motifs is 1. The fourth-order valence-electron chi connectivity index (χ4n) is 1.84. The normalized spacial score (nSPS) is 10.1. The molecule has 98 valence electrons. The number of nitrogens with one attached hydrogen (secondary N) is 2. The molecule has 1 amide bonds. The van der Waals surface area contributed by atoms with E-state index in [1.807, 2.05) is 25.1 Å². The van der Waals surface area contributed by atoms with Crippen molar-refractivity contribution in [3.05, 3.63) is 30.0 Å². The van der Waals surface area contributed by atoms with E-state index in [0.29, 0.717) is 13.0 Å². The summed E-state index contributed by atoms with van der Waals surface area (Å²) in [7, 11) is 0. The van der Waals surface area contributed by atoms with Crippen molar-refractivity contribution < 1.29 is 4.79 Å². The Bertz CT molecular complexity index is 536. The highest BCUT2D eigenvalue weighted by atomic mass is 35.5. The van der Waals surface area contributed by atoms with E-state index in [1.165, 1.54) is 0 Å². The number of hydrogen-bond acceptors (Lipinski definition) is 2. The van der Waals surface area contributed by atoms with Gasteiger partial charge in [0.1, 0.15) is 0 Å². The van der Waals surface area contributed by atoms with Gasteiger partial charge in [-0.1, -0.05) is 0 Å². The van der Waals surface area contributed by atoms with Crippen LogP contribution in [0.15, 0.2) is 24.3 Å². The van der Waals surface area contributed by atoms with Gasteiger partial charge >= 0.3 is 0 Å². The van der Waals surface area contributed by atoms with Crippen molar-refractivity contribution in [3.8, 4) is 0 Å². The summed E-state index contributed by atoms with van der Waals surface area (Å²) in [5.74, 6) is 0.0158. The number of carbonyl (C=O) groups is 1. The maximum Gasteiger partial charge on any atom is 0.224 e. The summed E-state index contributed by atoms with van der Waals surface area (Å²) in [5, 5.41) is 3.98. The third-order valence-corrected chi connectivity index (χ3v) is 2.65. The first-order valence-corrected chi connectivity index (χ1v) is 5.78. The van der Waals surface area contributed by atoms with Gasteiger partial charge in [0.25, 0.3) is 0 Å². The topological polar surface area (TPSA) is 70.9 Å². The largest absolute Gasteiger partial charge is 0.359 e. The molecule has 0 atom stereocenters. The SMILES string of the molecule is Cc1cc2cc(NC(=O)CCCN)ccc2[nH]1.Cl. The van der Waals surface area contributed by atoms with Crippen LogP contribution in [0, 0.1) is 6.92 Å². The van der Waals surface area contributed by atoms with Crippen molar-refractivity contribution in [2.75, 3.05) is 11.9 Å². The van der Waals surface area contributed by atoms with E-state index in [0.717, 1.165) is 28.7 Å². The van der Waals surface area contributed by atoms with Gasteiger partial charge in [0.15, 0.2) is 0 Å². The molecule has 1 aromatic carbocycles. The molecular formula is C13H18ClN3O. The van der Waals surface area contributed by atoms with Gasteiger partial charge in [0.2, 0.25) is 5.91 Å². The van der Waals surface area contributed by atoms with Crippen molar-refractivity contribution in [2.24, 2.45) is 5.73 Å². The maximum atomic E-state index is 11.5. The maximum absolute atomic E-state index is 11.5. The highest BCUT2D eigenvalue weighted by molar-refractivity contribution is 5.93. The van der Waals surface area contributed by atoms with Crippen LogP contribution in [0.1, 0.15) is 18.5 Å². The molecule has 4 N–H and O–H groups in total. The Balaban J connectivity index is 0.00000162. The zero-order valence-electron chi connectivity index (χ0n) is 10.3. The molecule has 0 saturated carbocycles. The van der Waals surface area contributed by atoms with E-state index in [-0.39, 0.29) is 18.3 Å². The number of anilines is 1. The molecular weight excluding hydrogens is 250 g/mol. The van der Waals surface area contributed by atoms with Crippen LogP contribution >= 0.6 is 12.4 Å². The smallest absolute Gasteiger partial charge is 0.224 e. The fraction of sp³-hybridized carbons (Fsp3) is 0.308. The molecule has 0 unspecified atom stereocenters. The second-order valence-electron chi connectivity index (χ2n) is 4.19. The molecule has 0 aliphatic heterocycles. The summed E-state index contributed by atoms with van der Waals surface area (Å²) in [6.45, 7) is 2.56. The third-order valence-electron chi connectivity index (χ3n) is 2.65.